The largest absolute Gasteiger partial charge is 0.497 e. The summed E-state index contributed by atoms with van der Waals surface area (Å²) < 4.78 is 58.5. The maximum absolute atomic E-state index is 13.0. The minimum atomic E-state index is -1.07. The molecule has 1 aliphatic rings. The Morgan fingerprint density at radius 3 is 0.908 bits per heavy atom. The van der Waals surface area contributed by atoms with Gasteiger partial charge >= 0.3 is 24.1 Å². The fourth-order valence-corrected chi connectivity index (χ4v) is 10.7. The first-order chi connectivity index (χ1) is 51.1. The van der Waals surface area contributed by atoms with E-state index in [-0.39, 0.29) is 62.8 Å². The predicted molar refractivity (Wildman–Crippen MR) is 422 cm³/mol. The Bertz CT molecular complexity index is 4560. The molecule has 4 N–H and O–H groups in total. The van der Waals surface area contributed by atoms with Gasteiger partial charge in [-0.3, -0.25) is 19.3 Å². The molecule has 0 saturated carbocycles. The van der Waals surface area contributed by atoms with Crippen LogP contribution in [0.4, 0.5) is 14.4 Å². The first-order valence-corrected chi connectivity index (χ1v) is 33.3. The van der Waals surface area contributed by atoms with Crippen molar-refractivity contribution in [1.29, 1.82) is 0 Å². The molecule has 5 amide bonds. The van der Waals surface area contributed by atoms with Gasteiger partial charge in [-0.05, 0) is 177 Å². The third-order valence-electron chi connectivity index (χ3n) is 15.6. The van der Waals surface area contributed by atoms with Gasteiger partial charge in [-0.2, -0.15) is 0 Å². The van der Waals surface area contributed by atoms with Crippen LogP contribution in [-0.4, -0.2) is 138 Å². The van der Waals surface area contributed by atoms with Crippen molar-refractivity contribution in [3.63, 3.8) is 0 Å². The lowest BCUT2D eigenvalue weighted by molar-refractivity contribution is -0.131. The van der Waals surface area contributed by atoms with Crippen molar-refractivity contribution in [2.45, 2.75) is 41.9 Å². The number of imide groups is 1. The molecule has 0 atom stereocenters. The number of alkyl carbamates (subject to hydrolysis) is 2. The van der Waals surface area contributed by atoms with Crippen LogP contribution >= 0.6 is 11.8 Å². The molecule has 1 fully saturated rings. The number of hydrogen-bond acceptors (Lipinski definition) is 19. The van der Waals surface area contributed by atoms with Crippen molar-refractivity contribution < 1.29 is 95.9 Å². The van der Waals surface area contributed by atoms with E-state index in [1.54, 1.807) is 168 Å². The normalized spacial score (nSPS) is 11.5. The number of rotatable bonds is 27. The van der Waals surface area contributed by atoms with E-state index < -0.39 is 24.1 Å². The molecule has 1 aliphatic heterocycles. The van der Waals surface area contributed by atoms with Crippen molar-refractivity contribution in [3.05, 3.63) is 250 Å². The number of carbonyl (C=O) groups is 7. The molecule has 0 bridgehead atoms. The fourth-order valence-electron chi connectivity index (χ4n) is 10.0. The molecule has 572 valence electrons. The molecule has 1 saturated heterocycles. The number of carboxylic acid groups (broad SMARTS) is 2. The number of aliphatic carboxylic acids is 2. The van der Waals surface area contributed by atoms with Gasteiger partial charge in [0.05, 0.1) is 80.3 Å². The van der Waals surface area contributed by atoms with E-state index in [1.807, 2.05) is 78.9 Å². The molecule has 0 aromatic heterocycles. The van der Waals surface area contributed by atoms with E-state index in [4.69, 9.17) is 42.6 Å². The number of ether oxygens (including phenoxy) is 11. The molecule has 1 heterocycles. The number of nitrogens with zero attached hydrogens (tertiary/aromatic N) is 2. The van der Waals surface area contributed by atoms with E-state index >= 15 is 0 Å². The van der Waals surface area contributed by atoms with Gasteiger partial charge in [-0.15, -0.1) is 0 Å². The average molecular weight is 1510 g/mol. The zero-order valence-corrected chi connectivity index (χ0v) is 60.5. The Hall–Kier alpha value is -13.2. The van der Waals surface area contributed by atoms with Gasteiger partial charge in [0.15, 0.2) is 0 Å². The lowest BCUT2D eigenvalue weighted by Crippen LogP contribution is -2.27. The van der Waals surface area contributed by atoms with Crippen molar-refractivity contribution in [3.8, 4) is 69.0 Å². The number of hydrogen-bond donors (Lipinski definition) is 4. The Morgan fingerprint density at radius 2 is 0.661 bits per heavy atom. The number of carboxylic acids is 2. The Kier molecular flexibility index (Phi) is 33.9. The monoisotopic (exact) mass is 1510 g/mol. The number of benzene rings is 9. The second-order valence-corrected chi connectivity index (χ2v) is 23.9. The smallest absolute Gasteiger partial charge is 0.407 e. The molecule has 0 unspecified atom stereocenters. The molecular weight excluding hydrogens is 1420 g/mol. The van der Waals surface area contributed by atoms with Gasteiger partial charge in [-0.1, -0.05) is 107 Å². The summed E-state index contributed by atoms with van der Waals surface area (Å²) >= 11 is 1.01. The molecule has 9 aromatic carbocycles. The van der Waals surface area contributed by atoms with Crippen molar-refractivity contribution >= 4 is 87.9 Å². The molecular formula is C84H90N4O20S. The number of nitrogens with one attached hydrogen (secondary N) is 2. The first kappa shape index (κ1) is 86.5. The summed E-state index contributed by atoms with van der Waals surface area (Å²) in [7, 11) is 15.3. The number of methoxy groups -OCH3 is 8. The fraction of sp³-hybridized carbons (Fsp3) is 0.202. The summed E-state index contributed by atoms with van der Waals surface area (Å²) in [4.78, 5) is 85.6. The lowest BCUT2D eigenvalue weighted by atomic mass is 10.0. The molecule has 109 heavy (non-hydrogen) atoms. The van der Waals surface area contributed by atoms with E-state index in [9.17, 15) is 43.8 Å². The highest BCUT2D eigenvalue weighted by Crippen LogP contribution is 2.34. The van der Waals surface area contributed by atoms with Gasteiger partial charge in [-0.25, -0.2) is 19.2 Å². The van der Waals surface area contributed by atoms with Crippen molar-refractivity contribution in [2.75, 3.05) is 76.7 Å². The second-order valence-electron chi connectivity index (χ2n) is 23.0. The highest BCUT2D eigenvalue weighted by Gasteiger charge is 2.30. The number of likely N-dealkylation sites (N-methyl/N-ethyl adjacent to an activating group) is 1. The van der Waals surface area contributed by atoms with Crippen LogP contribution in [0.15, 0.2) is 200 Å². The Labute approximate surface area is 639 Å². The minimum Gasteiger partial charge on any atom is -0.497 e. The Balaban J connectivity index is 0.000000289. The van der Waals surface area contributed by atoms with Crippen molar-refractivity contribution in [1.82, 2.24) is 20.4 Å². The van der Waals surface area contributed by atoms with E-state index in [2.05, 4.69) is 20.1 Å². The molecule has 25 heteroatoms. The number of thioether (sulfide) groups is 1. The molecule has 10 rings (SSSR count). The quantitative estimate of drug-likeness (QED) is 0.0275. The van der Waals surface area contributed by atoms with Crippen LogP contribution in [0.1, 0.15) is 72.4 Å². The van der Waals surface area contributed by atoms with Crippen LogP contribution < -0.4 is 53.3 Å². The summed E-state index contributed by atoms with van der Waals surface area (Å²) in [5.41, 5.74) is 7.15. The zero-order valence-electron chi connectivity index (χ0n) is 59.7. The average Bonchev–Trinajstić information content (AvgIpc) is 1.82. The van der Waals surface area contributed by atoms with Gasteiger partial charge in [0.1, 0.15) is 69.0 Å². The number of carbonyl (C=O) groups excluding carboxylic acids is 5. The van der Waals surface area contributed by atoms with Crippen LogP contribution in [0.3, 0.4) is 0 Å². The maximum atomic E-state index is 13.0. The second kappa shape index (κ2) is 42.7. The maximum Gasteiger partial charge on any atom is 0.407 e. The highest BCUT2D eigenvalue weighted by atomic mass is 32.2. The Morgan fingerprint density at radius 1 is 0.394 bits per heavy atom. The van der Waals surface area contributed by atoms with Gasteiger partial charge in [0, 0.05) is 51.0 Å². The molecule has 0 spiro atoms. The van der Waals surface area contributed by atoms with Gasteiger partial charge in [0.25, 0.3) is 11.1 Å². The molecule has 0 radical (unpaired) electrons. The third kappa shape index (κ3) is 25.8. The lowest BCUT2D eigenvalue weighted by Gasteiger charge is -2.15. The van der Waals surface area contributed by atoms with E-state index in [0.717, 1.165) is 39.6 Å². The zero-order chi connectivity index (χ0) is 76.2. The highest BCUT2D eigenvalue weighted by molar-refractivity contribution is 8.14. The topological polar surface area (TPSA) is 292 Å². The predicted octanol–water partition coefficient (Wildman–Crippen LogP) is 17.2. The molecule has 0 aliphatic carbocycles. The first-order valence-electron chi connectivity index (χ1n) is 32.4. The van der Waals surface area contributed by atoms with Gasteiger partial charge in [0.2, 0.25) is 5.91 Å². The third-order valence-corrected chi connectivity index (χ3v) is 16.4. The van der Waals surface area contributed by atoms with Crippen LogP contribution in [0.5, 0.6) is 69.0 Å². The standard InChI is InChI=1S/C28H30N2O6.C27H23NO7S.C26H25NO7.3CH4/c1-30(2)27(31)26(16-20-14-24(33-3)17-25(15-20)34-4)21-8-12-23(13-9-21)36-22-10-6-19(7-11-22)18-29-28(32)35-5;1-33-22-11-18(12-23(14-22)34-2)13-24(26(30)31)19-5-9-21(10-6-19)35-20-7-3-17(4-8-20)15-28-25(29)16-36-27(28)32;1-31-22-12-18(13-23(15-22)32-2)14-24(25(28)29)19-6-10-21(11-7-19)34-20-8-4-17(5-9-20)16-27-26(30)33-3;;;/h6-17H,18H2,1-5H3,(H,29,32);3-14H,15-16H2,1-2H3,(H,30,31);4-15H,16H2,1-3H3,(H,27,30)(H,28,29);3*1H4/b26-16+;24-13+;24-14+;;;. The van der Waals surface area contributed by atoms with Crippen LogP contribution in [0, 0.1) is 0 Å². The number of amides is 5. The van der Waals surface area contributed by atoms with Crippen LogP contribution in [-0.2, 0) is 48.3 Å². The summed E-state index contributed by atoms with van der Waals surface area (Å²) in [6.07, 6.45) is 3.94. The SMILES string of the molecule is C.C.C.COC(=O)NCc1ccc(Oc2ccc(/C(=C\c3cc(OC)cc(OC)c3)C(=O)N(C)C)cc2)cc1.COC(=O)NCc1ccc(Oc2ccc(/C(=C\c3cc(OC)cc(OC)c3)C(=O)O)cc2)cc1.COc1cc(/C=C(/C(=O)O)c2ccc(Oc3ccc(CN4C(=O)CSC4=O)cc3)cc2)cc(OC)c1. The summed E-state index contributed by atoms with van der Waals surface area (Å²) in [6.45, 7) is 0.921. The van der Waals surface area contributed by atoms with Gasteiger partial charge < -0.3 is 77.9 Å². The summed E-state index contributed by atoms with van der Waals surface area (Å²) in [6, 6.07) is 58.2. The molecule has 24 nitrogen and oxygen atoms in total. The summed E-state index contributed by atoms with van der Waals surface area (Å²) in [5.74, 6) is 4.74. The van der Waals surface area contributed by atoms with E-state index in [0.29, 0.717) is 110 Å². The van der Waals surface area contributed by atoms with Crippen molar-refractivity contribution in [2.24, 2.45) is 0 Å². The molecule has 9 aromatic rings. The summed E-state index contributed by atoms with van der Waals surface area (Å²) in [5, 5.41) is 24.6. The van der Waals surface area contributed by atoms with Crippen LogP contribution in [0.25, 0.3) is 34.9 Å². The minimum absolute atomic E-state index is 0. The van der Waals surface area contributed by atoms with Crippen LogP contribution in [0.2, 0.25) is 0 Å². The van der Waals surface area contributed by atoms with E-state index in [1.165, 1.54) is 52.5 Å².